The Hall–Kier alpha value is -1.62. The fourth-order valence-electron chi connectivity index (χ4n) is 2.52. The molecule has 1 aliphatic rings. The molecule has 1 unspecified atom stereocenters. The summed E-state index contributed by atoms with van der Waals surface area (Å²) in [7, 11) is 4.18. The van der Waals surface area contributed by atoms with Crippen molar-refractivity contribution in [1.29, 1.82) is 0 Å². The van der Waals surface area contributed by atoms with Gasteiger partial charge in [0.2, 0.25) is 0 Å². The molecule has 0 radical (unpaired) electrons. The van der Waals surface area contributed by atoms with Gasteiger partial charge in [-0.15, -0.1) is 0 Å². The average Bonchev–Trinajstić information content (AvgIpc) is 2.76. The lowest BCUT2D eigenvalue weighted by molar-refractivity contribution is -0.384. The van der Waals surface area contributed by atoms with Crippen molar-refractivity contribution in [3.63, 3.8) is 0 Å². The number of hydrogen-bond acceptors (Lipinski definition) is 4. The number of benzene rings is 1. The van der Waals surface area contributed by atoms with Gasteiger partial charge in [-0.3, -0.25) is 10.1 Å². The van der Waals surface area contributed by atoms with Crippen LogP contribution in [-0.4, -0.2) is 43.6 Å². The SMILES string of the molecule is CN(C)CC1CCN(c2ccc([N+](=O)[O-])cc2)C1. The standard InChI is InChI=1S/C13H19N3O2/c1-14(2)9-11-7-8-15(10-11)12-3-5-13(6-4-12)16(17)18/h3-6,11H,7-10H2,1-2H3. The Morgan fingerprint density at radius 2 is 2.06 bits per heavy atom. The monoisotopic (exact) mass is 249 g/mol. The molecule has 1 fully saturated rings. The summed E-state index contributed by atoms with van der Waals surface area (Å²) in [5.74, 6) is 0.690. The predicted molar refractivity (Wildman–Crippen MR) is 72.0 cm³/mol. The fourth-order valence-corrected chi connectivity index (χ4v) is 2.52. The van der Waals surface area contributed by atoms with E-state index in [0.717, 1.165) is 25.3 Å². The molecule has 98 valence electrons. The molecule has 0 bridgehead atoms. The van der Waals surface area contributed by atoms with Crippen molar-refractivity contribution in [2.24, 2.45) is 5.92 Å². The fraction of sp³-hybridized carbons (Fsp3) is 0.538. The van der Waals surface area contributed by atoms with Crippen molar-refractivity contribution >= 4 is 11.4 Å². The quantitative estimate of drug-likeness (QED) is 0.605. The number of anilines is 1. The van der Waals surface area contributed by atoms with Crippen molar-refractivity contribution in [1.82, 2.24) is 4.90 Å². The lowest BCUT2D eigenvalue weighted by Gasteiger charge is -2.20. The van der Waals surface area contributed by atoms with E-state index in [2.05, 4.69) is 23.9 Å². The van der Waals surface area contributed by atoms with E-state index in [0.29, 0.717) is 5.92 Å². The second-order valence-electron chi connectivity index (χ2n) is 5.14. The van der Waals surface area contributed by atoms with Crippen LogP contribution in [0.4, 0.5) is 11.4 Å². The highest BCUT2D eigenvalue weighted by molar-refractivity contribution is 5.51. The average molecular weight is 249 g/mol. The lowest BCUT2D eigenvalue weighted by atomic mass is 10.1. The minimum atomic E-state index is -0.359. The summed E-state index contributed by atoms with van der Waals surface area (Å²) in [5, 5.41) is 10.6. The topological polar surface area (TPSA) is 49.6 Å². The van der Waals surface area contributed by atoms with E-state index in [1.165, 1.54) is 6.42 Å². The highest BCUT2D eigenvalue weighted by Crippen LogP contribution is 2.25. The minimum Gasteiger partial charge on any atom is -0.371 e. The van der Waals surface area contributed by atoms with Crippen LogP contribution < -0.4 is 4.90 Å². The number of hydrogen-bond donors (Lipinski definition) is 0. The Morgan fingerprint density at radius 1 is 1.39 bits per heavy atom. The van der Waals surface area contributed by atoms with Gasteiger partial charge in [-0.25, -0.2) is 0 Å². The van der Waals surface area contributed by atoms with Crippen molar-refractivity contribution in [2.45, 2.75) is 6.42 Å². The van der Waals surface area contributed by atoms with E-state index in [1.54, 1.807) is 12.1 Å². The highest BCUT2D eigenvalue weighted by Gasteiger charge is 2.23. The maximum Gasteiger partial charge on any atom is 0.269 e. The van der Waals surface area contributed by atoms with Gasteiger partial charge in [0.05, 0.1) is 4.92 Å². The van der Waals surface area contributed by atoms with Gasteiger partial charge in [0.15, 0.2) is 0 Å². The molecule has 1 saturated heterocycles. The number of rotatable bonds is 4. The zero-order valence-corrected chi connectivity index (χ0v) is 10.9. The summed E-state index contributed by atoms with van der Waals surface area (Å²) in [4.78, 5) is 14.8. The predicted octanol–water partition coefficient (Wildman–Crippen LogP) is 1.98. The first-order chi connectivity index (χ1) is 8.56. The molecule has 5 heteroatoms. The van der Waals surface area contributed by atoms with Crippen LogP contribution in [0.5, 0.6) is 0 Å². The summed E-state index contributed by atoms with van der Waals surface area (Å²) in [6.45, 7) is 3.18. The Kier molecular flexibility index (Phi) is 3.81. The largest absolute Gasteiger partial charge is 0.371 e. The zero-order chi connectivity index (χ0) is 13.1. The van der Waals surface area contributed by atoms with Crippen molar-refractivity contribution in [3.05, 3.63) is 34.4 Å². The first-order valence-corrected chi connectivity index (χ1v) is 6.20. The molecule has 0 aromatic heterocycles. The summed E-state index contributed by atoms with van der Waals surface area (Å²) in [5.41, 5.74) is 1.24. The Morgan fingerprint density at radius 3 is 2.61 bits per heavy atom. The highest BCUT2D eigenvalue weighted by atomic mass is 16.6. The summed E-state index contributed by atoms with van der Waals surface area (Å²) < 4.78 is 0. The molecular formula is C13H19N3O2. The Balaban J connectivity index is 1.99. The van der Waals surface area contributed by atoms with Gasteiger partial charge in [0, 0.05) is 37.5 Å². The van der Waals surface area contributed by atoms with Gasteiger partial charge in [-0.1, -0.05) is 0 Å². The Labute approximate surface area is 107 Å². The first-order valence-electron chi connectivity index (χ1n) is 6.20. The van der Waals surface area contributed by atoms with Gasteiger partial charge in [0.1, 0.15) is 0 Å². The third kappa shape index (κ3) is 2.98. The summed E-state index contributed by atoms with van der Waals surface area (Å²) in [6, 6.07) is 6.84. The molecule has 0 aliphatic carbocycles. The van der Waals surface area contributed by atoms with E-state index in [-0.39, 0.29) is 10.6 Å². The third-order valence-corrected chi connectivity index (χ3v) is 3.33. The van der Waals surface area contributed by atoms with E-state index < -0.39 is 0 Å². The molecule has 0 saturated carbocycles. The zero-order valence-electron chi connectivity index (χ0n) is 10.9. The van der Waals surface area contributed by atoms with Crippen LogP contribution in [0, 0.1) is 16.0 Å². The smallest absolute Gasteiger partial charge is 0.269 e. The molecule has 0 spiro atoms. The van der Waals surface area contributed by atoms with Crippen LogP contribution in [-0.2, 0) is 0 Å². The van der Waals surface area contributed by atoms with Gasteiger partial charge in [-0.2, -0.15) is 0 Å². The van der Waals surface area contributed by atoms with Crippen LogP contribution >= 0.6 is 0 Å². The van der Waals surface area contributed by atoms with E-state index in [4.69, 9.17) is 0 Å². The van der Waals surface area contributed by atoms with Crippen molar-refractivity contribution < 1.29 is 4.92 Å². The van der Waals surface area contributed by atoms with Crippen LogP contribution in [0.15, 0.2) is 24.3 Å². The molecule has 1 aromatic carbocycles. The van der Waals surface area contributed by atoms with Gasteiger partial charge in [-0.05, 0) is 38.6 Å². The Bertz CT molecular complexity index is 417. The normalized spacial score (nSPS) is 19.5. The second-order valence-corrected chi connectivity index (χ2v) is 5.14. The molecule has 1 aromatic rings. The molecule has 2 rings (SSSR count). The van der Waals surface area contributed by atoms with Crippen LogP contribution in [0.1, 0.15) is 6.42 Å². The van der Waals surface area contributed by atoms with Gasteiger partial charge in [0.25, 0.3) is 5.69 Å². The third-order valence-electron chi connectivity index (χ3n) is 3.33. The van der Waals surface area contributed by atoms with E-state index in [9.17, 15) is 10.1 Å². The number of non-ortho nitro benzene ring substituents is 1. The van der Waals surface area contributed by atoms with Crippen molar-refractivity contribution in [3.8, 4) is 0 Å². The molecular weight excluding hydrogens is 230 g/mol. The second kappa shape index (κ2) is 5.35. The van der Waals surface area contributed by atoms with E-state index in [1.807, 2.05) is 12.1 Å². The minimum absolute atomic E-state index is 0.155. The van der Waals surface area contributed by atoms with Gasteiger partial charge >= 0.3 is 0 Å². The maximum atomic E-state index is 10.6. The molecule has 1 aliphatic heterocycles. The molecule has 18 heavy (non-hydrogen) atoms. The molecule has 0 amide bonds. The van der Waals surface area contributed by atoms with Crippen molar-refractivity contribution in [2.75, 3.05) is 38.6 Å². The van der Waals surface area contributed by atoms with Crippen LogP contribution in [0.25, 0.3) is 0 Å². The summed E-state index contributed by atoms with van der Waals surface area (Å²) >= 11 is 0. The van der Waals surface area contributed by atoms with Gasteiger partial charge < -0.3 is 9.80 Å². The molecule has 0 N–H and O–H groups in total. The lowest BCUT2D eigenvalue weighted by Crippen LogP contribution is -2.25. The number of nitro benzene ring substituents is 1. The maximum absolute atomic E-state index is 10.6. The summed E-state index contributed by atoms with van der Waals surface area (Å²) in [6.07, 6.45) is 1.19. The number of nitro groups is 1. The van der Waals surface area contributed by atoms with Crippen LogP contribution in [0.2, 0.25) is 0 Å². The van der Waals surface area contributed by atoms with Crippen LogP contribution in [0.3, 0.4) is 0 Å². The molecule has 1 atom stereocenters. The molecule has 5 nitrogen and oxygen atoms in total. The number of nitrogens with zero attached hydrogens (tertiary/aromatic N) is 3. The first kappa shape index (κ1) is 12.8. The molecule has 1 heterocycles. The van der Waals surface area contributed by atoms with E-state index >= 15 is 0 Å².